The molecule has 5 heteroatoms. The van der Waals surface area contributed by atoms with Gasteiger partial charge in [0.2, 0.25) is 0 Å². The predicted octanol–water partition coefficient (Wildman–Crippen LogP) is 1.90. The van der Waals surface area contributed by atoms with Crippen molar-refractivity contribution in [2.45, 2.75) is 59.0 Å². The molecule has 21 heavy (non-hydrogen) atoms. The van der Waals surface area contributed by atoms with Crippen molar-refractivity contribution in [3.8, 4) is 0 Å². The normalized spacial score (nSPS) is 38.3. The van der Waals surface area contributed by atoms with Gasteiger partial charge in [0, 0.05) is 25.2 Å². The van der Waals surface area contributed by atoms with Gasteiger partial charge in [-0.15, -0.1) is 0 Å². The summed E-state index contributed by atoms with van der Waals surface area (Å²) >= 11 is 0. The molecule has 0 amide bonds. The zero-order chi connectivity index (χ0) is 15.8. The third kappa shape index (κ3) is 4.42. The molecule has 1 aliphatic carbocycles. The second-order valence-corrected chi connectivity index (χ2v) is 10.5. The highest BCUT2D eigenvalue weighted by Gasteiger charge is 2.37. The summed E-state index contributed by atoms with van der Waals surface area (Å²) in [7, 11) is -2.83. The van der Waals surface area contributed by atoms with Crippen molar-refractivity contribution in [1.82, 2.24) is 4.90 Å². The maximum atomic E-state index is 11.7. The number of nitrogens with zero attached hydrogens (tertiary/aromatic N) is 1. The van der Waals surface area contributed by atoms with Crippen LogP contribution in [0, 0.1) is 17.3 Å². The van der Waals surface area contributed by atoms with Crippen molar-refractivity contribution >= 4 is 9.84 Å². The highest BCUT2D eigenvalue weighted by molar-refractivity contribution is 7.91. The van der Waals surface area contributed by atoms with Crippen LogP contribution in [0.1, 0.15) is 47.0 Å². The first kappa shape index (κ1) is 17.2. The van der Waals surface area contributed by atoms with E-state index in [0.717, 1.165) is 18.9 Å². The van der Waals surface area contributed by atoms with Gasteiger partial charge in [-0.2, -0.15) is 0 Å². The van der Waals surface area contributed by atoms with Crippen LogP contribution in [-0.2, 0) is 9.84 Å². The molecule has 1 saturated heterocycles. The lowest BCUT2D eigenvalue weighted by molar-refractivity contribution is 0.0901. The molecule has 4 nitrogen and oxygen atoms in total. The summed E-state index contributed by atoms with van der Waals surface area (Å²) in [6, 6.07) is 0.403. The standard InChI is InChI=1S/C16H32N2O2S/c1-12-11-21(19,20)8-7-18(12)10-13-9-14(16(2,3)4)5-6-15(13)17/h12-15H,5-11,17H2,1-4H3. The summed E-state index contributed by atoms with van der Waals surface area (Å²) in [5, 5.41) is 0. The molecular formula is C16H32N2O2S. The van der Waals surface area contributed by atoms with Crippen LogP contribution in [0.5, 0.6) is 0 Å². The number of hydrogen-bond acceptors (Lipinski definition) is 4. The average Bonchev–Trinajstić information content (AvgIpc) is 2.33. The Kier molecular flexibility index (Phi) is 5.06. The first-order valence-corrected chi connectivity index (χ1v) is 10.1. The van der Waals surface area contributed by atoms with Gasteiger partial charge in [-0.3, -0.25) is 4.90 Å². The van der Waals surface area contributed by atoms with E-state index in [-0.39, 0.29) is 12.1 Å². The van der Waals surface area contributed by atoms with Crippen LogP contribution in [0.15, 0.2) is 0 Å². The molecular weight excluding hydrogens is 284 g/mol. The molecule has 0 aromatic heterocycles. The highest BCUT2D eigenvalue weighted by Crippen LogP contribution is 2.40. The van der Waals surface area contributed by atoms with Gasteiger partial charge in [0.1, 0.15) is 0 Å². The number of rotatable bonds is 2. The van der Waals surface area contributed by atoms with Crippen LogP contribution in [-0.4, -0.2) is 50.0 Å². The van der Waals surface area contributed by atoms with E-state index in [1.807, 2.05) is 6.92 Å². The van der Waals surface area contributed by atoms with Crippen molar-refractivity contribution < 1.29 is 8.42 Å². The molecule has 124 valence electrons. The fourth-order valence-corrected chi connectivity index (χ4v) is 5.51. The molecule has 1 heterocycles. The van der Waals surface area contributed by atoms with Gasteiger partial charge in [-0.25, -0.2) is 8.42 Å². The Labute approximate surface area is 130 Å². The van der Waals surface area contributed by atoms with Crippen LogP contribution in [0.2, 0.25) is 0 Å². The van der Waals surface area contributed by atoms with E-state index in [1.165, 1.54) is 12.8 Å². The van der Waals surface area contributed by atoms with Crippen LogP contribution in [0.25, 0.3) is 0 Å². The summed E-state index contributed by atoms with van der Waals surface area (Å²) < 4.78 is 23.4. The van der Waals surface area contributed by atoms with E-state index in [2.05, 4.69) is 25.7 Å². The van der Waals surface area contributed by atoms with Gasteiger partial charge in [-0.1, -0.05) is 20.8 Å². The minimum absolute atomic E-state index is 0.131. The van der Waals surface area contributed by atoms with Gasteiger partial charge in [0.05, 0.1) is 11.5 Å². The van der Waals surface area contributed by atoms with E-state index >= 15 is 0 Å². The third-order valence-electron chi connectivity index (χ3n) is 5.54. The minimum atomic E-state index is -2.83. The lowest BCUT2D eigenvalue weighted by Crippen LogP contribution is -2.52. The smallest absolute Gasteiger partial charge is 0.153 e. The molecule has 4 atom stereocenters. The molecule has 1 aliphatic heterocycles. The largest absolute Gasteiger partial charge is 0.327 e. The lowest BCUT2D eigenvalue weighted by atomic mass is 9.67. The topological polar surface area (TPSA) is 63.4 Å². The molecule has 1 saturated carbocycles. The van der Waals surface area contributed by atoms with Crippen LogP contribution >= 0.6 is 0 Å². The second kappa shape index (κ2) is 6.17. The summed E-state index contributed by atoms with van der Waals surface area (Å²) in [4.78, 5) is 2.34. The first-order chi connectivity index (χ1) is 9.58. The first-order valence-electron chi connectivity index (χ1n) is 8.28. The SMILES string of the molecule is CC1CS(=O)(=O)CCN1CC1CC(C(C)(C)C)CCC1N. The molecule has 0 aromatic carbocycles. The van der Waals surface area contributed by atoms with E-state index in [9.17, 15) is 8.42 Å². The van der Waals surface area contributed by atoms with Crippen LogP contribution in [0.4, 0.5) is 0 Å². The summed E-state index contributed by atoms with van der Waals surface area (Å²) in [5.74, 6) is 1.84. The average molecular weight is 317 g/mol. The molecule has 4 unspecified atom stereocenters. The van der Waals surface area contributed by atoms with Gasteiger partial charge >= 0.3 is 0 Å². The molecule has 2 rings (SSSR count). The molecule has 2 fully saturated rings. The number of sulfone groups is 1. The Morgan fingerprint density at radius 2 is 1.90 bits per heavy atom. The maximum absolute atomic E-state index is 11.7. The Balaban J connectivity index is 1.98. The van der Waals surface area contributed by atoms with Gasteiger partial charge in [-0.05, 0) is 43.4 Å². The Hall–Kier alpha value is -0.130. The van der Waals surface area contributed by atoms with Gasteiger partial charge < -0.3 is 5.73 Å². The second-order valence-electron chi connectivity index (χ2n) is 8.26. The van der Waals surface area contributed by atoms with E-state index in [0.29, 0.717) is 29.4 Å². The molecule has 0 spiro atoms. The van der Waals surface area contributed by atoms with Crippen LogP contribution in [0.3, 0.4) is 0 Å². The Morgan fingerprint density at radius 3 is 2.48 bits per heavy atom. The Morgan fingerprint density at radius 1 is 1.24 bits per heavy atom. The van der Waals surface area contributed by atoms with Crippen molar-refractivity contribution in [2.75, 3.05) is 24.6 Å². The molecule has 0 bridgehead atoms. The number of hydrogen-bond donors (Lipinski definition) is 1. The zero-order valence-electron chi connectivity index (χ0n) is 14.0. The van der Waals surface area contributed by atoms with E-state index in [1.54, 1.807) is 0 Å². The third-order valence-corrected chi connectivity index (χ3v) is 7.34. The van der Waals surface area contributed by atoms with Gasteiger partial charge in [0.15, 0.2) is 9.84 Å². The minimum Gasteiger partial charge on any atom is -0.327 e. The van der Waals surface area contributed by atoms with Gasteiger partial charge in [0.25, 0.3) is 0 Å². The van der Waals surface area contributed by atoms with Crippen molar-refractivity contribution in [3.05, 3.63) is 0 Å². The fourth-order valence-electron chi connectivity index (χ4n) is 3.89. The fraction of sp³-hybridized carbons (Fsp3) is 1.00. The monoisotopic (exact) mass is 316 g/mol. The van der Waals surface area contributed by atoms with Crippen LogP contribution < -0.4 is 5.73 Å². The predicted molar refractivity (Wildman–Crippen MR) is 88.0 cm³/mol. The van der Waals surface area contributed by atoms with Crippen molar-refractivity contribution in [2.24, 2.45) is 23.0 Å². The zero-order valence-corrected chi connectivity index (χ0v) is 14.8. The lowest BCUT2D eigenvalue weighted by Gasteiger charge is -2.44. The quantitative estimate of drug-likeness (QED) is 0.845. The molecule has 0 radical (unpaired) electrons. The van der Waals surface area contributed by atoms with E-state index < -0.39 is 9.84 Å². The van der Waals surface area contributed by atoms with Crippen molar-refractivity contribution in [1.29, 1.82) is 0 Å². The summed E-state index contributed by atoms with van der Waals surface area (Å²) in [6.07, 6.45) is 3.51. The highest BCUT2D eigenvalue weighted by atomic mass is 32.2. The molecule has 0 aromatic rings. The van der Waals surface area contributed by atoms with E-state index in [4.69, 9.17) is 5.73 Å². The summed E-state index contributed by atoms with van der Waals surface area (Å²) in [5.41, 5.74) is 6.70. The maximum Gasteiger partial charge on any atom is 0.153 e. The number of nitrogens with two attached hydrogens (primary N) is 1. The molecule has 2 aliphatic rings. The van der Waals surface area contributed by atoms with Crippen molar-refractivity contribution in [3.63, 3.8) is 0 Å². The summed E-state index contributed by atoms with van der Waals surface area (Å²) in [6.45, 7) is 10.6. The molecule has 2 N–H and O–H groups in total. The Bertz CT molecular complexity index is 455.